The molecule has 2 nitrogen and oxygen atoms in total. The maximum absolute atomic E-state index is 8.90. The van der Waals surface area contributed by atoms with Crippen molar-refractivity contribution in [1.82, 2.24) is 0 Å². The van der Waals surface area contributed by atoms with Crippen molar-refractivity contribution >= 4 is 11.3 Å². The summed E-state index contributed by atoms with van der Waals surface area (Å²) in [7, 11) is 0. The van der Waals surface area contributed by atoms with Crippen LogP contribution in [0.4, 0.5) is 0 Å². The molecule has 0 fully saturated rings. The summed E-state index contributed by atoms with van der Waals surface area (Å²) < 4.78 is 0. The van der Waals surface area contributed by atoms with E-state index in [1.165, 1.54) is 5.56 Å². The summed E-state index contributed by atoms with van der Waals surface area (Å²) in [5.74, 6) is 0. The average Bonchev–Trinajstić information content (AvgIpc) is 2.53. The molecule has 0 aliphatic rings. The van der Waals surface area contributed by atoms with Gasteiger partial charge < -0.3 is 10.8 Å². The van der Waals surface area contributed by atoms with Gasteiger partial charge in [0.2, 0.25) is 0 Å². The quantitative estimate of drug-likeness (QED) is 0.744. The second-order valence-corrected chi connectivity index (χ2v) is 4.22. The molecule has 1 heterocycles. The first-order valence-electron chi connectivity index (χ1n) is 4.05. The molecular formula is C9H15NOS. The number of aryl methyl sites for hydroxylation is 1. The summed E-state index contributed by atoms with van der Waals surface area (Å²) in [4.78, 5) is 0. The van der Waals surface area contributed by atoms with Crippen LogP contribution >= 0.6 is 11.3 Å². The van der Waals surface area contributed by atoms with Crippen LogP contribution in [0, 0.1) is 0 Å². The lowest BCUT2D eigenvalue weighted by Gasteiger charge is -2.20. The predicted molar refractivity (Wildman–Crippen MR) is 52.3 cm³/mol. The van der Waals surface area contributed by atoms with Gasteiger partial charge in [-0.3, -0.25) is 0 Å². The normalized spacial score (nSPS) is 15.9. The minimum absolute atomic E-state index is 0.0527. The lowest BCUT2D eigenvalue weighted by molar-refractivity contribution is 0.201. The zero-order valence-corrected chi connectivity index (χ0v) is 8.10. The van der Waals surface area contributed by atoms with Crippen LogP contribution in [0.15, 0.2) is 16.8 Å². The van der Waals surface area contributed by atoms with E-state index >= 15 is 0 Å². The minimum Gasteiger partial charge on any atom is -0.394 e. The highest BCUT2D eigenvalue weighted by Crippen LogP contribution is 2.13. The van der Waals surface area contributed by atoms with Crippen LogP contribution in [-0.2, 0) is 6.42 Å². The van der Waals surface area contributed by atoms with Crippen molar-refractivity contribution in [2.75, 3.05) is 6.61 Å². The van der Waals surface area contributed by atoms with Crippen LogP contribution < -0.4 is 5.73 Å². The van der Waals surface area contributed by atoms with Crippen LogP contribution in [0.3, 0.4) is 0 Å². The Kier molecular flexibility index (Phi) is 3.26. The minimum atomic E-state index is -0.429. The number of nitrogens with two attached hydrogens (primary N) is 1. The first-order valence-corrected chi connectivity index (χ1v) is 4.99. The molecule has 1 aromatic heterocycles. The summed E-state index contributed by atoms with van der Waals surface area (Å²) in [6.07, 6.45) is 1.79. The number of hydrogen-bond donors (Lipinski definition) is 2. The number of rotatable bonds is 4. The zero-order valence-electron chi connectivity index (χ0n) is 7.29. The monoisotopic (exact) mass is 185 g/mol. The van der Waals surface area contributed by atoms with Gasteiger partial charge in [-0.25, -0.2) is 0 Å². The molecule has 3 N–H and O–H groups in total. The van der Waals surface area contributed by atoms with E-state index in [2.05, 4.69) is 16.8 Å². The molecule has 0 spiro atoms. The van der Waals surface area contributed by atoms with Gasteiger partial charge in [-0.1, -0.05) is 0 Å². The maximum atomic E-state index is 8.90. The molecular weight excluding hydrogens is 170 g/mol. The molecule has 0 amide bonds. The van der Waals surface area contributed by atoms with Gasteiger partial charge in [-0.05, 0) is 42.2 Å². The Hall–Kier alpha value is -0.380. The molecule has 68 valence electrons. The number of aliphatic hydroxyl groups is 1. The summed E-state index contributed by atoms with van der Waals surface area (Å²) in [5, 5.41) is 13.1. The van der Waals surface area contributed by atoms with E-state index in [4.69, 9.17) is 10.8 Å². The van der Waals surface area contributed by atoms with Gasteiger partial charge in [0.15, 0.2) is 0 Å². The van der Waals surface area contributed by atoms with Gasteiger partial charge >= 0.3 is 0 Å². The summed E-state index contributed by atoms with van der Waals surface area (Å²) in [5.41, 5.74) is 6.67. The molecule has 1 atom stereocenters. The van der Waals surface area contributed by atoms with Gasteiger partial charge in [-0.2, -0.15) is 11.3 Å². The van der Waals surface area contributed by atoms with Gasteiger partial charge in [0.1, 0.15) is 0 Å². The van der Waals surface area contributed by atoms with Crippen molar-refractivity contribution in [3.8, 4) is 0 Å². The standard InChI is InChI=1S/C9H15NOS/c1-9(10,7-11)4-2-8-3-5-12-6-8/h3,5-6,11H,2,4,7,10H2,1H3. The molecule has 0 bridgehead atoms. The molecule has 0 saturated carbocycles. The van der Waals surface area contributed by atoms with Gasteiger partial charge in [0.25, 0.3) is 0 Å². The highest BCUT2D eigenvalue weighted by molar-refractivity contribution is 7.07. The number of hydrogen-bond acceptors (Lipinski definition) is 3. The molecule has 1 unspecified atom stereocenters. The third kappa shape index (κ3) is 2.93. The van der Waals surface area contributed by atoms with Crippen LogP contribution in [0.1, 0.15) is 18.9 Å². The second-order valence-electron chi connectivity index (χ2n) is 3.44. The van der Waals surface area contributed by atoms with E-state index in [0.29, 0.717) is 0 Å². The molecule has 0 aliphatic heterocycles. The molecule has 0 radical (unpaired) electrons. The van der Waals surface area contributed by atoms with Gasteiger partial charge in [0, 0.05) is 5.54 Å². The van der Waals surface area contributed by atoms with Crippen molar-refractivity contribution < 1.29 is 5.11 Å². The first-order chi connectivity index (χ1) is 5.64. The highest BCUT2D eigenvalue weighted by atomic mass is 32.1. The lowest BCUT2D eigenvalue weighted by Crippen LogP contribution is -2.40. The van der Waals surface area contributed by atoms with Crippen LogP contribution in [0.25, 0.3) is 0 Å². The van der Waals surface area contributed by atoms with Crippen molar-refractivity contribution in [2.45, 2.75) is 25.3 Å². The third-order valence-corrected chi connectivity index (χ3v) is 2.66. The molecule has 0 aliphatic carbocycles. The Morgan fingerprint density at radius 1 is 1.67 bits per heavy atom. The molecule has 1 aromatic rings. The lowest BCUT2D eigenvalue weighted by atomic mass is 9.96. The smallest absolute Gasteiger partial charge is 0.0608 e. The average molecular weight is 185 g/mol. The van der Waals surface area contributed by atoms with E-state index < -0.39 is 5.54 Å². The van der Waals surface area contributed by atoms with Gasteiger partial charge in [0.05, 0.1) is 6.61 Å². The molecule has 12 heavy (non-hydrogen) atoms. The fraction of sp³-hybridized carbons (Fsp3) is 0.556. The number of thiophene rings is 1. The van der Waals surface area contributed by atoms with Crippen molar-refractivity contribution in [3.63, 3.8) is 0 Å². The Labute approximate surface area is 77.0 Å². The summed E-state index contributed by atoms with van der Waals surface area (Å²) >= 11 is 1.69. The zero-order chi connectivity index (χ0) is 9.03. The Morgan fingerprint density at radius 2 is 2.42 bits per heavy atom. The topological polar surface area (TPSA) is 46.2 Å². The van der Waals surface area contributed by atoms with E-state index in [1.54, 1.807) is 11.3 Å². The van der Waals surface area contributed by atoms with Crippen LogP contribution in [0.5, 0.6) is 0 Å². The Bertz CT molecular complexity index is 218. The van der Waals surface area contributed by atoms with E-state index in [9.17, 15) is 0 Å². The Morgan fingerprint density at radius 3 is 2.92 bits per heavy atom. The first kappa shape index (κ1) is 9.71. The molecule has 0 aromatic carbocycles. The molecule has 3 heteroatoms. The fourth-order valence-electron chi connectivity index (χ4n) is 0.944. The van der Waals surface area contributed by atoms with E-state index in [1.807, 2.05) is 6.92 Å². The van der Waals surface area contributed by atoms with E-state index in [-0.39, 0.29) is 6.61 Å². The van der Waals surface area contributed by atoms with Crippen LogP contribution in [-0.4, -0.2) is 17.3 Å². The summed E-state index contributed by atoms with van der Waals surface area (Å²) in [6, 6.07) is 2.10. The van der Waals surface area contributed by atoms with Crippen molar-refractivity contribution in [2.24, 2.45) is 5.73 Å². The fourth-order valence-corrected chi connectivity index (χ4v) is 1.65. The van der Waals surface area contributed by atoms with Crippen LogP contribution in [0.2, 0.25) is 0 Å². The second kappa shape index (κ2) is 4.03. The van der Waals surface area contributed by atoms with E-state index in [0.717, 1.165) is 12.8 Å². The predicted octanol–water partition coefficient (Wildman–Crippen LogP) is 1.39. The SMILES string of the molecule is CC(N)(CO)CCc1ccsc1. The van der Waals surface area contributed by atoms with Crippen molar-refractivity contribution in [3.05, 3.63) is 22.4 Å². The third-order valence-electron chi connectivity index (χ3n) is 1.93. The number of aliphatic hydroxyl groups excluding tert-OH is 1. The van der Waals surface area contributed by atoms with Crippen molar-refractivity contribution in [1.29, 1.82) is 0 Å². The molecule has 0 saturated heterocycles. The maximum Gasteiger partial charge on any atom is 0.0608 e. The largest absolute Gasteiger partial charge is 0.394 e. The molecule has 1 rings (SSSR count). The summed E-state index contributed by atoms with van der Waals surface area (Å²) in [6.45, 7) is 1.93. The highest BCUT2D eigenvalue weighted by Gasteiger charge is 2.16. The Balaban J connectivity index is 2.36. The van der Waals surface area contributed by atoms with Gasteiger partial charge in [-0.15, -0.1) is 0 Å².